The molecule has 11 heteroatoms. The van der Waals surface area contributed by atoms with Gasteiger partial charge in [-0.1, -0.05) is 11.6 Å². The first-order valence-corrected chi connectivity index (χ1v) is 11.8. The molecule has 0 aromatic heterocycles. The Labute approximate surface area is 189 Å². The lowest BCUT2D eigenvalue weighted by molar-refractivity contribution is -0.121. The molecule has 2 aromatic rings. The predicted molar refractivity (Wildman–Crippen MR) is 117 cm³/mol. The van der Waals surface area contributed by atoms with Crippen molar-refractivity contribution >= 4 is 44.8 Å². The number of fused-ring (bicyclic) bond motifs is 1. The maximum Gasteiger partial charge on any atom is 0.244 e. The molecule has 0 spiro atoms. The number of benzene rings is 2. The molecule has 0 aliphatic carbocycles. The average molecular weight is 482 g/mol. The van der Waals surface area contributed by atoms with E-state index in [0.717, 1.165) is 6.07 Å². The zero-order valence-corrected chi connectivity index (χ0v) is 18.6. The molecular formula is C21H21ClFN3O5S. The minimum atomic E-state index is -3.67. The van der Waals surface area contributed by atoms with Crippen molar-refractivity contribution in [3.63, 3.8) is 0 Å². The normalized spacial score (nSPS) is 17.2. The molecule has 1 fully saturated rings. The largest absolute Gasteiger partial charge is 0.379 e. The van der Waals surface area contributed by atoms with Crippen LogP contribution in [0.5, 0.6) is 0 Å². The van der Waals surface area contributed by atoms with Gasteiger partial charge in [-0.05, 0) is 48.4 Å². The summed E-state index contributed by atoms with van der Waals surface area (Å²) in [7, 11) is -3.67. The zero-order chi connectivity index (χ0) is 22.9. The molecule has 32 heavy (non-hydrogen) atoms. The van der Waals surface area contributed by atoms with E-state index in [2.05, 4.69) is 5.32 Å². The fourth-order valence-electron chi connectivity index (χ4n) is 3.72. The molecular weight excluding hydrogens is 461 g/mol. The number of halogens is 2. The quantitative estimate of drug-likeness (QED) is 0.707. The molecule has 0 atom stereocenters. The molecule has 2 amide bonds. The smallest absolute Gasteiger partial charge is 0.244 e. The highest BCUT2D eigenvalue weighted by Gasteiger charge is 2.30. The van der Waals surface area contributed by atoms with Crippen molar-refractivity contribution in [2.75, 3.05) is 43.1 Å². The van der Waals surface area contributed by atoms with Gasteiger partial charge in [-0.15, -0.1) is 0 Å². The number of carbonyl (C=O) groups excluding carboxylic acids is 2. The first kappa shape index (κ1) is 22.7. The van der Waals surface area contributed by atoms with Crippen molar-refractivity contribution in [1.82, 2.24) is 4.31 Å². The van der Waals surface area contributed by atoms with Gasteiger partial charge in [0, 0.05) is 30.9 Å². The summed E-state index contributed by atoms with van der Waals surface area (Å²) in [6, 6.07) is 8.36. The summed E-state index contributed by atoms with van der Waals surface area (Å²) in [6.07, 6.45) is 0.538. The summed E-state index contributed by atoms with van der Waals surface area (Å²) in [5.74, 6) is -1.33. The van der Waals surface area contributed by atoms with Crippen molar-refractivity contribution in [2.45, 2.75) is 17.7 Å². The van der Waals surface area contributed by atoms with Crippen molar-refractivity contribution in [3.05, 3.63) is 52.8 Å². The van der Waals surface area contributed by atoms with E-state index in [1.54, 1.807) is 12.1 Å². The summed E-state index contributed by atoms with van der Waals surface area (Å²) in [5, 5.41) is 2.46. The Hall–Kier alpha value is -2.53. The van der Waals surface area contributed by atoms with Crippen LogP contribution in [0.2, 0.25) is 5.02 Å². The number of sulfonamides is 1. The lowest BCUT2D eigenvalue weighted by Crippen LogP contribution is -2.42. The average Bonchev–Trinajstić information content (AvgIpc) is 2.78. The topological polar surface area (TPSA) is 96.0 Å². The SMILES string of the molecule is O=C(CN1C(=O)CCc2cc(S(=O)(=O)N3CCOCC3)ccc21)Nc1ccc(F)c(Cl)c1. The number of anilines is 2. The molecule has 0 bridgehead atoms. The van der Waals surface area contributed by atoms with Gasteiger partial charge >= 0.3 is 0 Å². The van der Waals surface area contributed by atoms with Gasteiger partial charge in [-0.25, -0.2) is 12.8 Å². The van der Waals surface area contributed by atoms with E-state index in [0.29, 0.717) is 36.6 Å². The molecule has 0 unspecified atom stereocenters. The van der Waals surface area contributed by atoms with Crippen LogP contribution in [-0.2, 0) is 30.8 Å². The lowest BCUT2D eigenvalue weighted by Gasteiger charge is -2.30. The Kier molecular flexibility index (Phi) is 6.47. The third-order valence-electron chi connectivity index (χ3n) is 5.36. The summed E-state index contributed by atoms with van der Waals surface area (Å²) >= 11 is 5.74. The Morgan fingerprint density at radius 3 is 2.59 bits per heavy atom. The Balaban J connectivity index is 1.53. The minimum absolute atomic E-state index is 0.129. The highest BCUT2D eigenvalue weighted by molar-refractivity contribution is 7.89. The highest BCUT2D eigenvalue weighted by atomic mass is 35.5. The number of nitrogens with one attached hydrogen (secondary N) is 1. The Morgan fingerprint density at radius 1 is 1.12 bits per heavy atom. The number of aryl methyl sites for hydroxylation is 1. The number of ether oxygens (including phenoxy) is 1. The molecule has 1 N–H and O–H groups in total. The Bertz CT molecular complexity index is 1170. The summed E-state index contributed by atoms with van der Waals surface area (Å²) in [4.78, 5) is 26.5. The maximum atomic E-state index is 13.3. The molecule has 4 rings (SSSR count). The molecule has 2 aliphatic heterocycles. The molecule has 2 aromatic carbocycles. The van der Waals surface area contributed by atoms with E-state index >= 15 is 0 Å². The van der Waals surface area contributed by atoms with Gasteiger partial charge in [0.05, 0.1) is 23.1 Å². The number of amides is 2. The van der Waals surface area contributed by atoms with Crippen LogP contribution in [0.3, 0.4) is 0 Å². The molecule has 170 valence electrons. The summed E-state index contributed by atoms with van der Waals surface area (Å²) in [5.41, 5.74) is 1.48. The number of hydrogen-bond acceptors (Lipinski definition) is 5. The van der Waals surface area contributed by atoms with Crippen LogP contribution in [-0.4, -0.2) is 57.4 Å². The van der Waals surface area contributed by atoms with Crippen LogP contribution in [0.1, 0.15) is 12.0 Å². The van der Waals surface area contributed by atoms with Gasteiger partial charge in [-0.2, -0.15) is 4.31 Å². The van der Waals surface area contributed by atoms with Gasteiger partial charge in [0.1, 0.15) is 12.4 Å². The minimum Gasteiger partial charge on any atom is -0.379 e. The predicted octanol–water partition coefficient (Wildman–Crippen LogP) is 2.42. The number of hydrogen-bond donors (Lipinski definition) is 1. The van der Waals surface area contributed by atoms with E-state index in [1.165, 1.54) is 27.4 Å². The molecule has 0 saturated carbocycles. The fourth-order valence-corrected chi connectivity index (χ4v) is 5.36. The molecule has 2 heterocycles. The maximum absolute atomic E-state index is 13.3. The number of morpholine rings is 1. The van der Waals surface area contributed by atoms with Gasteiger partial charge in [0.15, 0.2) is 0 Å². The lowest BCUT2D eigenvalue weighted by atomic mass is 10.0. The van der Waals surface area contributed by atoms with E-state index in [9.17, 15) is 22.4 Å². The van der Waals surface area contributed by atoms with E-state index in [-0.39, 0.29) is 41.9 Å². The Morgan fingerprint density at radius 2 is 1.88 bits per heavy atom. The molecule has 2 aliphatic rings. The highest BCUT2D eigenvalue weighted by Crippen LogP contribution is 2.31. The number of nitrogens with zero attached hydrogens (tertiary/aromatic N) is 2. The number of rotatable bonds is 5. The second-order valence-electron chi connectivity index (χ2n) is 7.46. The van der Waals surface area contributed by atoms with Crippen molar-refractivity contribution < 1.29 is 27.1 Å². The van der Waals surface area contributed by atoms with Crippen molar-refractivity contribution in [3.8, 4) is 0 Å². The zero-order valence-electron chi connectivity index (χ0n) is 17.0. The second-order valence-corrected chi connectivity index (χ2v) is 9.81. The molecule has 0 radical (unpaired) electrons. The second kappa shape index (κ2) is 9.14. The first-order chi connectivity index (χ1) is 15.3. The van der Waals surface area contributed by atoms with Crippen molar-refractivity contribution in [1.29, 1.82) is 0 Å². The molecule has 1 saturated heterocycles. The van der Waals surface area contributed by atoms with Gasteiger partial charge in [0.2, 0.25) is 21.8 Å². The van der Waals surface area contributed by atoms with E-state index in [1.807, 2.05) is 0 Å². The fraction of sp³-hybridized carbons (Fsp3) is 0.333. The third kappa shape index (κ3) is 4.63. The number of carbonyl (C=O) groups is 2. The van der Waals surface area contributed by atoms with Gasteiger partial charge in [0.25, 0.3) is 0 Å². The van der Waals surface area contributed by atoms with E-state index in [4.69, 9.17) is 16.3 Å². The first-order valence-electron chi connectivity index (χ1n) is 10.0. The van der Waals surface area contributed by atoms with Crippen LogP contribution in [0.15, 0.2) is 41.3 Å². The summed E-state index contributed by atoms with van der Waals surface area (Å²) < 4.78 is 45.8. The molecule has 8 nitrogen and oxygen atoms in total. The van der Waals surface area contributed by atoms with Crippen LogP contribution in [0, 0.1) is 5.82 Å². The van der Waals surface area contributed by atoms with Crippen LogP contribution >= 0.6 is 11.6 Å². The van der Waals surface area contributed by atoms with Gasteiger partial charge in [-0.3, -0.25) is 9.59 Å². The third-order valence-corrected chi connectivity index (χ3v) is 7.55. The van der Waals surface area contributed by atoms with Crippen LogP contribution in [0.25, 0.3) is 0 Å². The van der Waals surface area contributed by atoms with Crippen LogP contribution < -0.4 is 10.2 Å². The van der Waals surface area contributed by atoms with E-state index < -0.39 is 21.7 Å². The van der Waals surface area contributed by atoms with Crippen molar-refractivity contribution in [2.24, 2.45) is 0 Å². The van der Waals surface area contributed by atoms with Gasteiger partial charge < -0.3 is 15.0 Å². The standard InChI is InChI=1S/C21H21ClFN3O5S/c22-17-12-15(2-4-18(17)23)24-20(27)13-26-19-5-3-16(11-14(19)1-6-21(26)28)32(29,30)25-7-9-31-10-8-25/h2-5,11-12H,1,6-10,13H2,(H,24,27). The monoisotopic (exact) mass is 481 g/mol. The van der Waals surface area contributed by atoms with Crippen LogP contribution in [0.4, 0.5) is 15.8 Å². The summed E-state index contributed by atoms with van der Waals surface area (Å²) in [6.45, 7) is 1.01.